The van der Waals surface area contributed by atoms with Crippen LogP contribution in [0.1, 0.15) is 36.8 Å². The number of hydrogen-bond donors (Lipinski definition) is 1. The van der Waals surface area contributed by atoms with Crippen molar-refractivity contribution >= 4 is 26.8 Å². The van der Waals surface area contributed by atoms with Crippen molar-refractivity contribution in [3.8, 4) is 0 Å². The van der Waals surface area contributed by atoms with Gasteiger partial charge in [0, 0.05) is 22.5 Å². The van der Waals surface area contributed by atoms with Gasteiger partial charge >= 0.3 is 0 Å². The van der Waals surface area contributed by atoms with Gasteiger partial charge in [0.1, 0.15) is 0 Å². The number of nitrogens with one attached hydrogen (secondary N) is 1. The second-order valence-electron chi connectivity index (χ2n) is 6.38. The third kappa shape index (κ3) is 3.67. The van der Waals surface area contributed by atoms with E-state index >= 15 is 0 Å². The lowest BCUT2D eigenvalue weighted by atomic mass is 9.89. The van der Waals surface area contributed by atoms with Crippen LogP contribution in [0.15, 0.2) is 29.8 Å². The van der Waals surface area contributed by atoms with Gasteiger partial charge in [0.15, 0.2) is 9.84 Å². The van der Waals surface area contributed by atoms with Gasteiger partial charge in [-0.1, -0.05) is 13.0 Å². The van der Waals surface area contributed by atoms with Crippen molar-refractivity contribution in [1.82, 2.24) is 9.88 Å². The molecule has 1 aliphatic heterocycles. The molecule has 0 aliphatic carbocycles. The third-order valence-corrected chi connectivity index (χ3v) is 6.12. The van der Waals surface area contributed by atoms with Crippen LogP contribution in [0.5, 0.6) is 0 Å². The van der Waals surface area contributed by atoms with Crippen LogP contribution in [-0.2, 0) is 9.84 Å². The van der Waals surface area contributed by atoms with Crippen molar-refractivity contribution in [2.45, 2.75) is 25.7 Å². The minimum Gasteiger partial charge on any atom is -0.361 e. The van der Waals surface area contributed by atoms with E-state index in [1.54, 1.807) is 13.0 Å². The van der Waals surface area contributed by atoms with Crippen LogP contribution in [0, 0.1) is 0 Å². The van der Waals surface area contributed by atoms with E-state index in [0.717, 1.165) is 24.2 Å². The Morgan fingerprint density at radius 2 is 2.04 bits per heavy atom. The summed E-state index contributed by atoms with van der Waals surface area (Å²) in [6.07, 6.45) is 6.17. The van der Waals surface area contributed by atoms with E-state index in [1.807, 2.05) is 12.1 Å². The number of likely N-dealkylation sites (tertiary alicyclic amines) is 1. The van der Waals surface area contributed by atoms with Crippen molar-refractivity contribution < 1.29 is 8.42 Å². The molecule has 1 saturated heterocycles. The number of benzene rings is 1. The molecule has 1 aromatic carbocycles. The number of fused-ring (bicyclic) bond motifs is 1. The molecule has 0 radical (unpaired) electrons. The van der Waals surface area contributed by atoms with Crippen molar-refractivity contribution in [3.05, 3.63) is 40.9 Å². The molecule has 0 spiro atoms. The maximum Gasteiger partial charge on any atom is 0.171 e. The fourth-order valence-electron chi connectivity index (χ4n) is 3.20. The van der Waals surface area contributed by atoms with Crippen LogP contribution in [0.25, 0.3) is 17.0 Å². The van der Waals surface area contributed by atoms with Crippen molar-refractivity contribution in [1.29, 1.82) is 0 Å². The minimum atomic E-state index is -3.09. The molecule has 1 aliphatic rings. The summed E-state index contributed by atoms with van der Waals surface area (Å²) < 4.78 is 23.3. The van der Waals surface area contributed by atoms with Crippen molar-refractivity contribution in [2.24, 2.45) is 0 Å². The number of aromatic nitrogens is 1. The Morgan fingerprint density at radius 3 is 2.74 bits per heavy atom. The van der Waals surface area contributed by atoms with Crippen LogP contribution in [0.3, 0.4) is 0 Å². The predicted octanol–water partition coefficient (Wildman–Crippen LogP) is 3.38. The largest absolute Gasteiger partial charge is 0.361 e. The molecule has 0 atom stereocenters. The van der Waals surface area contributed by atoms with Gasteiger partial charge in [-0.3, -0.25) is 0 Å². The Kier molecular flexibility index (Phi) is 4.60. The molecule has 0 unspecified atom stereocenters. The second kappa shape index (κ2) is 6.49. The molecule has 0 saturated carbocycles. The van der Waals surface area contributed by atoms with Gasteiger partial charge < -0.3 is 9.88 Å². The summed E-state index contributed by atoms with van der Waals surface area (Å²) in [7, 11) is -0.919. The first-order chi connectivity index (χ1) is 11.0. The summed E-state index contributed by atoms with van der Waals surface area (Å²) in [4.78, 5) is 5.72. The van der Waals surface area contributed by atoms with E-state index in [4.69, 9.17) is 0 Å². The maximum atomic E-state index is 11.6. The van der Waals surface area contributed by atoms with Gasteiger partial charge in [-0.2, -0.15) is 0 Å². The molecule has 2 aromatic rings. The van der Waals surface area contributed by atoms with E-state index < -0.39 is 9.84 Å². The molecular weight excluding hydrogens is 308 g/mol. The topological polar surface area (TPSA) is 53.2 Å². The Morgan fingerprint density at radius 1 is 1.30 bits per heavy atom. The van der Waals surface area contributed by atoms with E-state index in [9.17, 15) is 8.42 Å². The first-order valence-electron chi connectivity index (χ1n) is 8.19. The van der Waals surface area contributed by atoms with Gasteiger partial charge in [-0.05, 0) is 68.2 Å². The van der Waals surface area contributed by atoms with Gasteiger partial charge in [0.2, 0.25) is 0 Å². The molecule has 2 heterocycles. The van der Waals surface area contributed by atoms with Crippen LogP contribution < -0.4 is 0 Å². The highest BCUT2D eigenvalue weighted by Gasteiger charge is 2.21. The summed E-state index contributed by atoms with van der Waals surface area (Å²) in [5, 5.41) is 2.53. The van der Waals surface area contributed by atoms with Gasteiger partial charge in [-0.25, -0.2) is 8.42 Å². The van der Waals surface area contributed by atoms with Gasteiger partial charge in [0.25, 0.3) is 0 Å². The molecule has 3 rings (SSSR count). The lowest BCUT2D eigenvalue weighted by molar-refractivity contribution is 0.256. The maximum absolute atomic E-state index is 11.6. The molecule has 0 amide bonds. The van der Waals surface area contributed by atoms with E-state index in [0.29, 0.717) is 5.92 Å². The predicted molar refractivity (Wildman–Crippen MR) is 96.3 cm³/mol. The van der Waals surface area contributed by atoms with Gasteiger partial charge in [0.05, 0.1) is 5.75 Å². The number of rotatable bonds is 4. The number of H-pyrrole nitrogens is 1. The molecular formula is C18H24N2O2S. The number of piperidine rings is 1. The summed E-state index contributed by atoms with van der Waals surface area (Å²) in [5.41, 5.74) is 3.42. The fourth-order valence-corrected chi connectivity index (χ4v) is 3.76. The lowest BCUT2D eigenvalue weighted by Gasteiger charge is -2.28. The first kappa shape index (κ1) is 16.3. The summed E-state index contributed by atoms with van der Waals surface area (Å²) in [6, 6.07) is 6.09. The molecule has 0 bridgehead atoms. The number of sulfone groups is 1. The monoisotopic (exact) mass is 332 g/mol. The van der Waals surface area contributed by atoms with Crippen LogP contribution in [0.2, 0.25) is 0 Å². The Bertz CT molecular complexity index is 813. The zero-order valence-electron chi connectivity index (χ0n) is 13.7. The highest BCUT2D eigenvalue weighted by Crippen LogP contribution is 2.33. The zero-order valence-corrected chi connectivity index (χ0v) is 14.6. The number of hydrogen-bond acceptors (Lipinski definition) is 3. The second-order valence-corrected chi connectivity index (χ2v) is 8.56. The molecule has 4 nitrogen and oxygen atoms in total. The van der Waals surface area contributed by atoms with E-state index in [-0.39, 0.29) is 5.75 Å². The third-order valence-electron chi connectivity index (χ3n) is 4.77. The molecule has 1 fully saturated rings. The SMILES string of the molecule is CCS(=O)(=O)/C=C/c1ccc2[nH]cc(C3CCN(C)CC3)c2c1. The van der Waals surface area contributed by atoms with Crippen molar-refractivity contribution in [2.75, 3.05) is 25.9 Å². The fraction of sp³-hybridized carbons (Fsp3) is 0.444. The molecule has 23 heavy (non-hydrogen) atoms. The Balaban J connectivity index is 1.91. The summed E-state index contributed by atoms with van der Waals surface area (Å²) in [6.45, 7) is 3.92. The lowest BCUT2D eigenvalue weighted by Crippen LogP contribution is -2.29. The molecule has 5 heteroatoms. The minimum absolute atomic E-state index is 0.136. The quantitative estimate of drug-likeness (QED) is 0.934. The van der Waals surface area contributed by atoms with Crippen LogP contribution >= 0.6 is 0 Å². The Hall–Kier alpha value is -1.59. The molecule has 1 aromatic heterocycles. The van der Waals surface area contributed by atoms with E-state index in [1.165, 1.54) is 29.2 Å². The highest BCUT2D eigenvalue weighted by atomic mass is 32.2. The average molecular weight is 332 g/mol. The average Bonchev–Trinajstić information content (AvgIpc) is 2.97. The normalized spacial score (nSPS) is 18.2. The standard InChI is InChI=1S/C18H24N2O2S/c1-3-23(21,22)11-8-14-4-5-18-16(12-14)17(13-19-18)15-6-9-20(2)10-7-15/h4-5,8,11-13,15,19H,3,6-7,9-10H2,1-2H3/b11-8+. The molecule has 1 N–H and O–H groups in total. The zero-order chi connectivity index (χ0) is 16.4. The summed E-state index contributed by atoms with van der Waals surface area (Å²) >= 11 is 0. The van der Waals surface area contributed by atoms with Crippen molar-refractivity contribution in [3.63, 3.8) is 0 Å². The number of nitrogens with zero attached hydrogens (tertiary/aromatic N) is 1. The number of aromatic amines is 1. The first-order valence-corrected chi connectivity index (χ1v) is 9.90. The van der Waals surface area contributed by atoms with Gasteiger partial charge in [-0.15, -0.1) is 0 Å². The smallest absolute Gasteiger partial charge is 0.171 e. The van der Waals surface area contributed by atoms with Crippen LogP contribution in [0.4, 0.5) is 0 Å². The summed E-state index contributed by atoms with van der Waals surface area (Å²) in [5.74, 6) is 0.718. The molecule has 124 valence electrons. The highest BCUT2D eigenvalue weighted by molar-refractivity contribution is 7.94. The van der Waals surface area contributed by atoms with Crippen LogP contribution in [-0.4, -0.2) is 44.2 Å². The van der Waals surface area contributed by atoms with E-state index in [2.05, 4.69) is 29.2 Å². The Labute approximate surface area is 138 Å².